The summed E-state index contributed by atoms with van der Waals surface area (Å²) in [5.74, 6) is 0.0974. The fourth-order valence-corrected chi connectivity index (χ4v) is 7.77. The van der Waals surface area contributed by atoms with Gasteiger partial charge in [0.2, 0.25) is 0 Å². The molecule has 8 rings (SSSR count). The third kappa shape index (κ3) is 4.18. The van der Waals surface area contributed by atoms with E-state index in [0.29, 0.717) is 49.2 Å². The van der Waals surface area contributed by atoms with E-state index in [2.05, 4.69) is 16.4 Å². The van der Waals surface area contributed by atoms with Crippen LogP contribution in [-0.4, -0.2) is 75.3 Å². The van der Waals surface area contributed by atoms with Crippen LogP contribution in [0.4, 0.5) is 5.82 Å². The molecule has 3 amide bonds. The molecular weight excluding hydrogens is 546 g/mol. The molecule has 0 bridgehead atoms. The van der Waals surface area contributed by atoms with E-state index in [4.69, 9.17) is 9.84 Å². The molecule has 43 heavy (non-hydrogen) atoms. The Kier molecular flexibility index (Phi) is 6.12. The number of hydrogen-bond acceptors (Lipinski definition) is 6. The molecule has 11 heteroatoms. The number of piperidine rings is 1. The highest BCUT2D eigenvalue weighted by molar-refractivity contribution is 6.07. The second-order valence-corrected chi connectivity index (χ2v) is 12.7. The van der Waals surface area contributed by atoms with Crippen LogP contribution in [0.5, 0.6) is 0 Å². The van der Waals surface area contributed by atoms with Gasteiger partial charge in [0.25, 0.3) is 17.7 Å². The summed E-state index contributed by atoms with van der Waals surface area (Å²) < 4.78 is 7.54. The van der Waals surface area contributed by atoms with Gasteiger partial charge in [0.1, 0.15) is 17.9 Å². The number of benzene rings is 1. The normalized spacial score (nSPS) is 28.5. The zero-order valence-corrected chi connectivity index (χ0v) is 24.2. The van der Waals surface area contributed by atoms with Crippen molar-refractivity contribution in [1.29, 1.82) is 5.26 Å². The molecule has 3 aliphatic heterocycles. The molecule has 5 heterocycles. The van der Waals surface area contributed by atoms with Gasteiger partial charge >= 0.3 is 0 Å². The number of aromatic nitrogens is 3. The third-order valence-corrected chi connectivity index (χ3v) is 10.2. The van der Waals surface area contributed by atoms with Crippen molar-refractivity contribution in [3.05, 3.63) is 47.3 Å². The Hall–Kier alpha value is -4.17. The van der Waals surface area contributed by atoms with E-state index in [-0.39, 0.29) is 41.6 Å². The van der Waals surface area contributed by atoms with E-state index in [1.54, 1.807) is 21.9 Å². The Labute approximate surface area is 249 Å². The third-order valence-electron chi connectivity index (χ3n) is 10.2. The van der Waals surface area contributed by atoms with E-state index in [9.17, 15) is 19.6 Å². The number of hydrogen-bond donors (Lipinski definition) is 2. The highest BCUT2D eigenvalue weighted by Crippen LogP contribution is 2.53. The van der Waals surface area contributed by atoms with Crippen molar-refractivity contribution in [3.63, 3.8) is 0 Å². The molecule has 2 saturated heterocycles. The summed E-state index contributed by atoms with van der Waals surface area (Å²) in [7, 11) is 0. The van der Waals surface area contributed by atoms with Crippen molar-refractivity contribution in [2.24, 2.45) is 11.8 Å². The second kappa shape index (κ2) is 9.95. The standard InChI is InChI=1S/C32H35N7O4/c1-2-37-30-26(25(18-4-5-18)27(31(37)41)35-29(40)19-6-3-17-7-10-34-23(17)14-19)28(36-39(30)21-8-11-43-12-9-21)32(42)38-22(16-33)13-20-15-24(20)38/h3,6-7,10,14,18,20-22,24-25,27,34H,2,4-5,8-9,11-13,15H2,1H3,(H,35,40)/t20-,22-,24+,25-,27-/m0/s1. The van der Waals surface area contributed by atoms with E-state index in [1.807, 2.05) is 29.9 Å². The van der Waals surface area contributed by atoms with Gasteiger partial charge in [-0.25, -0.2) is 4.68 Å². The van der Waals surface area contributed by atoms with Gasteiger partial charge in [-0.1, -0.05) is 6.07 Å². The van der Waals surface area contributed by atoms with Crippen molar-refractivity contribution in [1.82, 2.24) is 25.0 Å². The molecule has 3 aromatic rings. The lowest BCUT2D eigenvalue weighted by Crippen LogP contribution is -2.56. The summed E-state index contributed by atoms with van der Waals surface area (Å²) in [5.41, 5.74) is 2.41. The Balaban J connectivity index is 1.24. The maximum Gasteiger partial charge on any atom is 0.276 e. The quantitative estimate of drug-likeness (QED) is 0.457. The number of carbonyl (C=O) groups excluding carboxylic acids is 3. The number of amides is 3. The van der Waals surface area contributed by atoms with Crippen LogP contribution in [0.15, 0.2) is 30.5 Å². The summed E-state index contributed by atoms with van der Waals surface area (Å²) in [6, 6.07) is 8.52. The first-order chi connectivity index (χ1) is 21.0. The molecule has 0 unspecified atom stereocenters. The number of aromatic amines is 1. The van der Waals surface area contributed by atoms with Crippen molar-refractivity contribution < 1.29 is 19.1 Å². The molecule has 0 radical (unpaired) electrons. The van der Waals surface area contributed by atoms with Crippen molar-refractivity contribution >= 4 is 34.4 Å². The first-order valence-electron chi connectivity index (χ1n) is 15.6. The molecule has 2 aliphatic carbocycles. The maximum absolute atomic E-state index is 14.4. The first-order valence-corrected chi connectivity index (χ1v) is 15.6. The molecule has 4 fully saturated rings. The zero-order valence-electron chi connectivity index (χ0n) is 24.2. The van der Waals surface area contributed by atoms with Gasteiger partial charge in [-0.2, -0.15) is 10.4 Å². The number of likely N-dealkylation sites (tertiary alicyclic amines) is 1. The minimum absolute atomic E-state index is 0.0107. The number of rotatable bonds is 6. The van der Waals surface area contributed by atoms with Crippen LogP contribution in [0.3, 0.4) is 0 Å². The number of nitrogens with one attached hydrogen (secondary N) is 2. The minimum Gasteiger partial charge on any atom is -0.381 e. The van der Waals surface area contributed by atoms with Gasteiger partial charge < -0.3 is 19.9 Å². The van der Waals surface area contributed by atoms with E-state index >= 15 is 0 Å². The average molecular weight is 582 g/mol. The van der Waals surface area contributed by atoms with Crippen LogP contribution in [0.25, 0.3) is 10.9 Å². The van der Waals surface area contributed by atoms with Crippen LogP contribution < -0.4 is 10.2 Å². The summed E-state index contributed by atoms with van der Waals surface area (Å²) in [4.78, 5) is 49.0. The monoisotopic (exact) mass is 581 g/mol. The molecule has 0 spiro atoms. The summed E-state index contributed by atoms with van der Waals surface area (Å²) in [6.45, 7) is 3.47. The van der Waals surface area contributed by atoms with Gasteiger partial charge in [-0.05, 0) is 80.9 Å². The maximum atomic E-state index is 14.4. The van der Waals surface area contributed by atoms with Crippen LogP contribution in [0.2, 0.25) is 0 Å². The number of carbonyl (C=O) groups is 3. The lowest BCUT2D eigenvalue weighted by molar-refractivity contribution is -0.121. The molecule has 1 aromatic carbocycles. The summed E-state index contributed by atoms with van der Waals surface area (Å²) in [5, 5.41) is 19.0. The van der Waals surface area contributed by atoms with Crippen molar-refractivity contribution in [3.8, 4) is 6.07 Å². The summed E-state index contributed by atoms with van der Waals surface area (Å²) >= 11 is 0. The number of nitriles is 1. The number of ether oxygens (including phenoxy) is 1. The molecule has 11 nitrogen and oxygen atoms in total. The fraction of sp³-hybridized carbons (Fsp3) is 0.531. The lowest BCUT2D eigenvalue weighted by Gasteiger charge is -2.39. The molecule has 2 aromatic heterocycles. The van der Waals surface area contributed by atoms with Crippen LogP contribution >= 0.6 is 0 Å². The summed E-state index contributed by atoms with van der Waals surface area (Å²) in [6.07, 6.45) is 6.74. The van der Waals surface area contributed by atoms with Crippen LogP contribution in [0, 0.1) is 23.2 Å². The largest absolute Gasteiger partial charge is 0.381 e. The van der Waals surface area contributed by atoms with E-state index in [1.165, 1.54) is 0 Å². The predicted octanol–water partition coefficient (Wildman–Crippen LogP) is 3.50. The van der Waals surface area contributed by atoms with Crippen molar-refractivity contribution in [2.75, 3.05) is 24.7 Å². The molecule has 2 N–H and O–H groups in total. The fourth-order valence-electron chi connectivity index (χ4n) is 7.77. The van der Waals surface area contributed by atoms with Gasteiger partial charge in [0, 0.05) is 54.6 Å². The number of likely N-dealkylation sites (N-methyl/N-ethyl adjacent to an activating group) is 1. The highest BCUT2D eigenvalue weighted by Gasteiger charge is 2.57. The SMILES string of the molecule is CCN1C(=O)[C@@H](NC(=O)c2ccc3cc[nH]c3c2)[C@@H](C2CC2)c2c(C(=O)N3[C@H](C#N)C[C@H]4C[C@H]43)nn(C3CCOCC3)c21. The van der Waals surface area contributed by atoms with Gasteiger partial charge in [-0.3, -0.25) is 19.3 Å². The van der Waals surface area contributed by atoms with E-state index < -0.39 is 12.1 Å². The van der Waals surface area contributed by atoms with Crippen LogP contribution in [0.1, 0.15) is 83.8 Å². The molecule has 5 aliphatic rings. The van der Waals surface area contributed by atoms with Gasteiger partial charge in [0.15, 0.2) is 5.69 Å². The van der Waals surface area contributed by atoms with Gasteiger partial charge in [0.05, 0.1) is 12.1 Å². The molecule has 2 saturated carbocycles. The van der Waals surface area contributed by atoms with Gasteiger partial charge in [-0.15, -0.1) is 0 Å². The molecular formula is C32H35N7O4. The molecule has 222 valence electrons. The minimum atomic E-state index is -0.829. The highest BCUT2D eigenvalue weighted by atomic mass is 16.5. The number of fused-ring (bicyclic) bond motifs is 3. The van der Waals surface area contributed by atoms with Crippen molar-refractivity contribution in [2.45, 2.75) is 75.5 Å². The first kappa shape index (κ1) is 26.5. The predicted molar refractivity (Wildman–Crippen MR) is 156 cm³/mol. The Morgan fingerprint density at radius 3 is 2.70 bits per heavy atom. The van der Waals surface area contributed by atoms with Crippen LogP contribution in [-0.2, 0) is 9.53 Å². The Bertz CT molecular complexity index is 1680. The Morgan fingerprint density at radius 2 is 1.95 bits per heavy atom. The number of H-pyrrole nitrogens is 1. The second-order valence-electron chi connectivity index (χ2n) is 12.7. The number of nitrogens with zero attached hydrogens (tertiary/aromatic N) is 5. The number of anilines is 1. The average Bonchev–Trinajstić information content (AvgIpc) is 3.88. The molecule has 5 atom stereocenters. The topological polar surface area (TPSA) is 136 Å². The zero-order chi connectivity index (χ0) is 29.4. The lowest BCUT2D eigenvalue weighted by atomic mass is 9.82. The smallest absolute Gasteiger partial charge is 0.276 e. The van der Waals surface area contributed by atoms with E-state index in [0.717, 1.165) is 48.6 Å². The Morgan fingerprint density at radius 1 is 1.14 bits per heavy atom.